The molecule has 0 saturated heterocycles. The Balaban J connectivity index is 3.54. The van der Waals surface area contributed by atoms with Gasteiger partial charge >= 0.3 is 5.69 Å². The normalized spacial score (nSPS) is 10.5. The third-order valence-corrected chi connectivity index (χ3v) is 1.85. The molecule has 1 N–H and O–H groups in total. The lowest BCUT2D eigenvalue weighted by Gasteiger charge is -2.05. The Morgan fingerprint density at radius 3 is 2.56 bits per heavy atom. The predicted molar refractivity (Wildman–Crippen MR) is 47.7 cm³/mol. The van der Waals surface area contributed by atoms with Gasteiger partial charge in [-0.25, -0.2) is 13.8 Å². The summed E-state index contributed by atoms with van der Waals surface area (Å²) in [6.45, 7) is 0. The number of aromatic hydroxyl groups is 1. The molecular formula is C7H3ClF2N2O4. The Morgan fingerprint density at radius 2 is 2.19 bits per heavy atom. The fraction of sp³-hybridized carbons (Fsp3) is 0.143. The molecule has 1 aromatic rings. The van der Waals surface area contributed by atoms with Crippen LogP contribution >= 0.6 is 11.6 Å². The Labute approximate surface area is 91.6 Å². The van der Waals surface area contributed by atoms with Gasteiger partial charge in [0, 0.05) is 0 Å². The summed E-state index contributed by atoms with van der Waals surface area (Å²) in [5.74, 6) is -1.27. The molecule has 1 rings (SSSR count). The largest absolute Gasteiger partial charge is 0.505 e. The van der Waals surface area contributed by atoms with Gasteiger partial charge in [0.2, 0.25) is 0 Å². The van der Waals surface area contributed by atoms with Crippen molar-refractivity contribution in [2.24, 2.45) is 0 Å². The zero-order valence-corrected chi connectivity index (χ0v) is 8.11. The van der Waals surface area contributed by atoms with Crippen molar-refractivity contribution < 1.29 is 23.6 Å². The van der Waals surface area contributed by atoms with Gasteiger partial charge in [0.15, 0.2) is 11.3 Å². The molecule has 0 aliphatic carbocycles. The minimum Gasteiger partial charge on any atom is -0.505 e. The maximum atomic E-state index is 12.3. The van der Waals surface area contributed by atoms with E-state index >= 15 is 0 Å². The monoisotopic (exact) mass is 252 g/mol. The van der Waals surface area contributed by atoms with Crippen molar-refractivity contribution >= 4 is 22.5 Å². The van der Waals surface area contributed by atoms with Gasteiger partial charge in [-0.3, -0.25) is 14.9 Å². The first-order chi connectivity index (χ1) is 7.36. The number of hydrogen-bond donors (Lipinski definition) is 1. The van der Waals surface area contributed by atoms with Crippen molar-refractivity contribution in [3.05, 3.63) is 27.6 Å². The number of carbonyl (C=O) groups excluding carboxylic acids is 1. The summed E-state index contributed by atoms with van der Waals surface area (Å²) in [7, 11) is 0. The van der Waals surface area contributed by atoms with E-state index in [9.17, 15) is 28.8 Å². The molecule has 0 unspecified atom stereocenters. The Bertz CT molecular complexity index is 466. The summed E-state index contributed by atoms with van der Waals surface area (Å²) in [5.41, 5.74) is -3.05. The van der Waals surface area contributed by atoms with Crippen molar-refractivity contribution in [3.8, 4) is 5.75 Å². The minimum atomic E-state index is -3.17. The molecule has 6 nitrogen and oxygen atoms in total. The highest BCUT2D eigenvalue weighted by Crippen LogP contribution is 2.35. The first-order valence-corrected chi connectivity index (χ1v) is 4.08. The van der Waals surface area contributed by atoms with E-state index in [1.807, 2.05) is 0 Å². The van der Waals surface area contributed by atoms with Gasteiger partial charge < -0.3 is 5.11 Å². The summed E-state index contributed by atoms with van der Waals surface area (Å²) in [6.07, 6.45) is -2.73. The van der Waals surface area contributed by atoms with Gasteiger partial charge in [0.05, 0.1) is 4.92 Å². The molecule has 1 heterocycles. The topological polar surface area (TPSA) is 93.3 Å². The number of nitro groups is 1. The van der Waals surface area contributed by atoms with Crippen LogP contribution in [0, 0.1) is 10.1 Å². The number of alkyl halides is 2. The highest BCUT2D eigenvalue weighted by atomic mass is 35.5. The van der Waals surface area contributed by atoms with Gasteiger partial charge in [-0.2, -0.15) is 0 Å². The highest BCUT2D eigenvalue weighted by molar-refractivity contribution is 6.68. The number of aromatic nitrogens is 1. The van der Waals surface area contributed by atoms with Crippen molar-refractivity contribution in [2.75, 3.05) is 0 Å². The molecule has 0 spiro atoms. The molecule has 0 saturated carbocycles. The van der Waals surface area contributed by atoms with Crippen molar-refractivity contribution in [1.82, 2.24) is 4.98 Å². The first-order valence-electron chi connectivity index (χ1n) is 3.70. The Hall–Kier alpha value is -1.83. The minimum absolute atomic E-state index is 0.441. The lowest BCUT2D eigenvalue weighted by Crippen LogP contribution is -2.03. The van der Waals surface area contributed by atoms with Crippen LogP contribution in [0.3, 0.4) is 0 Å². The molecular weight excluding hydrogens is 250 g/mol. The van der Waals surface area contributed by atoms with Crippen LogP contribution in [-0.4, -0.2) is 20.3 Å². The molecule has 0 atom stereocenters. The van der Waals surface area contributed by atoms with Gasteiger partial charge in [0.25, 0.3) is 11.7 Å². The van der Waals surface area contributed by atoms with Crippen LogP contribution in [0.2, 0.25) is 0 Å². The van der Waals surface area contributed by atoms with Crippen LogP contribution in [0.25, 0.3) is 0 Å². The molecule has 0 aromatic carbocycles. The van der Waals surface area contributed by atoms with E-state index in [4.69, 9.17) is 11.6 Å². The van der Waals surface area contributed by atoms with Crippen LogP contribution in [-0.2, 0) is 0 Å². The van der Waals surface area contributed by atoms with Crippen LogP contribution in [0.15, 0.2) is 6.20 Å². The van der Waals surface area contributed by atoms with Crippen molar-refractivity contribution in [3.63, 3.8) is 0 Å². The van der Waals surface area contributed by atoms with Crippen LogP contribution < -0.4 is 0 Å². The zero-order valence-electron chi connectivity index (χ0n) is 7.35. The number of nitrogens with zero attached hydrogens (tertiary/aromatic N) is 2. The molecule has 16 heavy (non-hydrogen) atoms. The van der Waals surface area contributed by atoms with Gasteiger partial charge in [-0.05, 0) is 11.6 Å². The van der Waals surface area contributed by atoms with E-state index in [1.54, 1.807) is 0 Å². The van der Waals surface area contributed by atoms with Crippen molar-refractivity contribution in [1.29, 1.82) is 0 Å². The van der Waals surface area contributed by atoms with E-state index in [0.717, 1.165) is 0 Å². The second-order valence-electron chi connectivity index (χ2n) is 2.58. The molecule has 0 radical (unpaired) electrons. The van der Waals surface area contributed by atoms with Gasteiger partial charge in [-0.15, -0.1) is 0 Å². The smallest absolute Gasteiger partial charge is 0.303 e. The molecule has 9 heteroatoms. The quantitative estimate of drug-likeness (QED) is 0.504. The number of halogens is 3. The SMILES string of the molecule is O=C(Cl)c1c([N+](=O)[O-])cnc(C(F)F)c1O. The summed E-state index contributed by atoms with van der Waals surface area (Å²) in [5, 5.41) is 18.2. The second-order valence-corrected chi connectivity index (χ2v) is 2.93. The lowest BCUT2D eigenvalue weighted by atomic mass is 10.2. The molecule has 0 aliphatic rings. The number of pyridine rings is 1. The fourth-order valence-corrected chi connectivity index (χ4v) is 1.18. The summed E-state index contributed by atoms with van der Waals surface area (Å²) in [6, 6.07) is 0. The average Bonchev–Trinajstić information content (AvgIpc) is 2.15. The third kappa shape index (κ3) is 2.06. The molecule has 0 amide bonds. The lowest BCUT2D eigenvalue weighted by molar-refractivity contribution is -0.385. The van der Waals surface area contributed by atoms with Crippen LogP contribution in [0.1, 0.15) is 22.5 Å². The second kappa shape index (κ2) is 4.35. The maximum Gasteiger partial charge on any atom is 0.303 e. The number of carbonyl (C=O) groups is 1. The van der Waals surface area contributed by atoms with E-state index in [2.05, 4.69) is 4.98 Å². The molecule has 1 aromatic heterocycles. The van der Waals surface area contributed by atoms with E-state index in [0.29, 0.717) is 6.20 Å². The molecule has 86 valence electrons. The fourth-order valence-electron chi connectivity index (χ4n) is 0.998. The van der Waals surface area contributed by atoms with E-state index in [1.165, 1.54) is 0 Å². The maximum absolute atomic E-state index is 12.3. The summed E-state index contributed by atoms with van der Waals surface area (Å²) < 4.78 is 24.5. The first kappa shape index (κ1) is 12.2. The Kier molecular flexibility index (Phi) is 3.33. The number of rotatable bonds is 3. The number of hydrogen-bond acceptors (Lipinski definition) is 5. The van der Waals surface area contributed by atoms with E-state index < -0.39 is 39.3 Å². The summed E-state index contributed by atoms with van der Waals surface area (Å²) in [4.78, 5) is 23.1. The standard InChI is InChI=1S/C7H3ClF2N2O4/c8-6(14)3-2(12(15)16)1-11-4(5(3)13)7(9)10/h1,7,13H. The highest BCUT2D eigenvalue weighted by Gasteiger charge is 2.29. The molecule has 0 fully saturated rings. The van der Waals surface area contributed by atoms with Gasteiger partial charge in [-0.1, -0.05) is 0 Å². The molecule has 0 bridgehead atoms. The zero-order chi connectivity index (χ0) is 12.5. The Morgan fingerprint density at radius 1 is 1.62 bits per heavy atom. The molecule has 0 aliphatic heterocycles. The third-order valence-electron chi connectivity index (χ3n) is 1.66. The van der Waals surface area contributed by atoms with Crippen molar-refractivity contribution in [2.45, 2.75) is 6.43 Å². The van der Waals surface area contributed by atoms with E-state index in [-0.39, 0.29) is 0 Å². The average molecular weight is 253 g/mol. The van der Waals surface area contributed by atoms with Crippen LogP contribution in [0.5, 0.6) is 5.75 Å². The van der Waals surface area contributed by atoms with Gasteiger partial charge in [0.1, 0.15) is 11.9 Å². The van der Waals surface area contributed by atoms with Crippen LogP contribution in [0.4, 0.5) is 14.5 Å². The predicted octanol–water partition coefficient (Wildman–Crippen LogP) is 2.01. The summed E-state index contributed by atoms with van der Waals surface area (Å²) >= 11 is 4.96.